The zero-order valence-corrected chi connectivity index (χ0v) is 16.8. The van der Waals surface area contributed by atoms with E-state index in [9.17, 15) is 0 Å². The van der Waals surface area contributed by atoms with Crippen molar-refractivity contribution in [2.45, 2.75) is 44.6 Å². The van der Waals surface area contributed by atoms with Crippen molar-refractivity contribution in [2.24, 2.45) is 0 Å². The van der Waals surface area contributed by atoms with Crippen molar-refractivity contribution in [3.05, 3.63) is 23.4 Å². The number of likely N-dealkylation sites (tertiary alicyclic amines) is 1. The molecule has 6 nitrogen and oxygen atoms in total. The van der Waals surface area contributed by atoms with Crippen molar-refractivity contribution >= 4 is 16.6 Å². The lowest BCUT2D eigenvalue weighted by Crippen LogP contribution is -2.42. The number of anilines is 1. The maximum Gasteiger partial charge on any atom is 0.162 e. The van der Waals surface area contributed by atoms with E-state index in [1.165, 1.54) is 16.9 Å². The number of hydrogen-bond donors (Lipinski definition) is 1. The Labute approximate surface area is 166 Å². The van der Waals surface area contributed by atoms with Gasteiger partial charge in [-0.1, -0.05) is 0 Å². The van der Waals surface area contributed by atoms with Crippen LogP contribution < -0.4 is 14.8 Å². The summed E-state index contributed by atoms with van der Waals surface area (Å²) in [5.74, 6) is 1.45. The number of piperidine rings is 1. The highest BCUT2D eigenvalue weighted by Crippen LogP contribution is 2.40. The van der Waals surface area contributed by atoms with Gasteiger partial charge in [-0.25, -0.2) is 0 Å². The van der Waals surface area contributed by atoms with Crippen LogP contribution in [0, 0.1) is 11.3 Å². The molecule has 0 spiro atoms. The van der Waals surface area contributed by atoms with Gasteiger partial charge in [-0.15, -0.1) is 0 Å². The van der Waals surface area contributed by atoms with E-state index in [-0.39, 0.29) is 0 Å². The lowest BCUT2D eigenvalue weighted by atomic mass is 10.0. The molecule has 148 valence electrons. The van der Waals surface area contributed by atoms with Crippen LogP contribution in [0.4, 0.5) is 5.69 Å². The maximum atomic E-state index is 8.89. The molecule has 4 rings (SSSR count). The molecule has 1 fully saturated rings. The second-order valence-electron chi connectivity index (χ2n) is 7.68. The Balaban J connectivity index is 1.70. The van der Waals surface area contributed by atoms with Gasteiger partial charge in [0.25, 0.3) is 0 Å². The molecule has 28 heavy (non-hydrogen) atoms. The molecule has 1 aliphatic carbocycles. The molecule has 1 N–H and O–H groups in total. The first-order chi connectivity index (χ1) is 13.7. The average molecular weight is 380 g/mol. The summed E-state index contributed by atoms with van der Waals surface area (Å²) in [6.45, 7) is 2.92. The third-order valence-electron chi connectivity index (χ3n) is 5.91. The summed E-state index contributed by atoms with van der Waals surface area (Å²) >= 11 is 0. The van der Waals surface area contributed by atoms with Crippen LogP contribution in [0.15, 0.2) is 12.1 Å². The average Bonchev–Trinajstić information content (AvgIpc) is 3.19. The van der Waals surface area contributed by atoms with Gasteiger partial charge in [0.05, 0.1) is 25.8 Å². The first-order valence-corrected chi connectivity index (χ1v) is 10.2. The number of nitrogens with zero attached hydrogens (tertiary/aromatic N) is 3. The molecule has 2 heterocycles. The minimum Gasteiger partial charge on any atom is -0.493 e. The number of benzene rings is 1. The fourth-order valence-electron chi connectivity index (χ4n) is 4.54. The van der Waals surface area contributed by atoms with Crippen LogP contribution in [0.3, 0.4) is 0 Å². The van der Waals surface area contributed by atoms with Gasteiger partial charge in [-0.3, -0.25) is 4.98 Å². The molecule has 1 aromatic heterocycles. The quantitative estimate of drug-likeness (QED) is 0.827. The van der Waals surface area contributed by atoms with Gasteiger partial charge < -0.3 is 19.7 Å². The zero-order valence-electron chi connectivity index (χ0n) is 16.8. The van der Waals surface area contributed by atoms with Crippen molar-refractivity contribution in [1.82, 2.24) is 9.88 Å². The van der Waals surface area contributed by atoms with E-state index >= 15 is 0 Å². The van der Waals surface area contributed by atoms with Gasteiger partial charge in [-0.2, -0.15) is 5.26 Å². The molecule has 1 atom stereocenters. The highest BCUT2D eigenvalue weighted by molar-refractivity contribution is 5.96. The van der Waals surface area contributed by atoms with Gasteiger partial charge in [0.1, 0.15) is 0 Å². The molecular weight excluding hydrogens is 352 g/mol. The van der Waals surface area contributed by atoms with Gasteiger partial charge in [0, 0.05) is 48.4 Å². The standard InChI is InChI=1S/C22H28N4O2/c1-27-20-12-17-19(13-21(20)28-2)25-18-8-3-7-16(18)22(17)24-15-6-4-10-26(14-15)11-5-9-23/h12-13,15H,3-8,10-11,14H2,1-2H3,(H,24,25)/t15-/m1/s1. The number of ether oxygens (including phenoxy) is 2. The predicted octanol–water partition coefficient (Wildman–Crippen LogP) is 3.53. The Hall–Kier alpha value is -2.52. The summed E-state index contributed by atoms with van der Waals surface area (Å²) in [7, 11) is 3.33. The largest absolute Gasteiger partial charge is 0.493 e. The van der Waals surface area contributed by atoms with Crippen LogP contribution >= 0.6 is 0 Å². The molecule has 6 heteroatoms. The molecule has 0 bridgehead atoms. The number of nitrogens with one attached hydrogen (secondary N) is 1. The Morgan fingerprint density at radius 1 is 1.21 bits per heavy atom. The van der Waals surface area contributed by atoms with E-state index in [1.54, 1.807) is 14.2 Å². The third kappa shape index (κ3) is 3.59. The molecule has 2 aromatic rings. The monoisotopic (exact) mass is 380 g/mol. The van der Waals surface area contributed by atoms with E-state index < -0.39 is 0 Å². The highest BCUT2D eigenvalue weighted by Gasteiger charge is 2.25. The zero-order chi connectivity index (χ0) is 19.5. The van der Waals surface area contributed by atoms with E-state index in [0.29, 0.717) is 18.2 Å². The minimum atomic E-state index is 0.385. The topological polar surface area (TPSA) is 70.4 Å². The predicted molar refractivity (Wildman–Crippen MR) is 110 cm³/mol. The molecule has 2 aliphatic rings. The molecule has 0 amide bonds. The Morgan fingerprint density at radius 3 is 2.82 bits per heavy atom. The molecule has 1 aromatic carbocycles. The fourth-order valence-corrected chi connectivity index (χ4v) is 4.54. The van der Waals surface area contributed by atoms with Gasteiger partial charge >= 0.3 is 0 Å². The smallest absolute Gasteiger partial charge is 0.162 e. The number of aromatic nitrogens is 1. The van der Waals surface area contributed by atoms with Crippen LogP contribution in [-0.4, -0.2) is 49.8 Å². The van der Waals surface area contributed by atoms with Crippen LogP contribution in [0.25, 0.3) is 10.9 Å². The van der Waals surface area contributed by atoms with E-state index in [0.717, 1.165) is 68.4 Å². The first kappa shape index (κ1) is 18.8. The lowest BCUT2D eigenvalue weighted by Gasteiger charge is -2.34. The summed E-state index contributed by atoms with van der Waals surface area (Å²) in [5, 5.41) is 13.9. The van der Waals surface area contributed by atoms with E-state index in [1.807, 2.05) is 6.07 Å². The Morgan fingerprint density at radius 2 is 2.04 bits per heavy atom. The molecule has 0 unspecified atom stereocenters. The SMILES string of the molecule is COc1cc2nc3c(c(N[C@@H]4CCCN(CCC#N)C4)c2cc1OC)CCC3. The number of rotatable bonds is 6. The second-order valence-corrected chi connectivity index (χ2v) is 7.68. The number of fused-ring (bicyclic) bond motifs is 2. The number of nitriles is 1. The van der Waals surface area contributed by atoms with Gasteiger partial charge in [0.15, 0.2) is 11.5 Å². The normalized spacial score (nSPS) is 19.2. The fraction of sp³-hybridized carbons (Fsp3) is 0.545. The number of aryl methyl sites for hydroxylation is 1. The first-order valence-electron chi connectivity index (χ1n) is 10.2. The van der Waals surface area contributed by atoms with Crippen molar-refractivity contribution in [2.75, 3.05) is 39.2 Å². The van der Waals surface area contributed by atoms with E-state index in [2.05, 4.69) is 22.4 Å². The maximum absolute atomic E-state index is 8.89. The number of methoxy groups -OCH3 is 2. The number of hydrogen-bond acceptors (Lipinski definition) is 6. The third-order valence-corrected chi connectivity index (χ3v) is 5.91. The lowest BCUT2D eigenvalue weighted by molar-refractivity contribution is 0.221. The summed E-state index contributed by atoms with van der Waals surface area (Å²) in [6, 6.07) is 6.69. The second kappa shape index (κ2) is 8.24. The van der Waals surface area contributed by atoms with Crippen molar-refractivity contribution in [3.63, 3.8) is 0 Å². The molecule has 0 saturated carbocycles. The highest BCUT2D eigenvalue weighted by atomic mass is 16.5. The number of pyridine rings is 1. The van der Waals surface area contributed by atoms with Crippen LogP contribution in [0.1, 0.15) is 36.9 Å². The van der Waals surface area contributed by atoms with Crippen LogP contribution in [0.2, 0.25) is 0 Å². The summed E-state index contributed by atoms with van der Waals surface area (Å²) < 4.78 is 11.0. The summed E-state index contributed by atoms with van der Waals surface area (Å²) in [4.78, 5) is 7.33. The molecular formula is C22H28N4O2. The van der Waals surface area contributed by atoms with Gasteiger partial charge in [-0.05, 0) is 50.3 Å². The Kier molecular flexibility index (Phi) is 5.54. The van der Waals surface area contributed by atoms with Gasteiger partial charge in [0.2, 0.25) is 0 Å². The minimum absolute atomic E-state index is 0.385. The van der Waals surface area contributed by atoms with Crippen LogP contribution in [-0.2, 0) is 12.8 Å². The molecule has 1 aliphatic heterocycles. The summed E-state index contributed by atoms with van der Waals surface area (Å²) in [5.41, 5.74) is 4.73. The Bertz CT molecular complexity index is 906. The summed E-state index contributed by atoms with van der Waals surface area (Å²) in [6.07, 6.45) is 6.16. The molecule has 1 saturated heterocycles. The van der Waals surface area contributed by atoms with E-state index in [4.69, 9.17) is 19.7 Å². The van der Waals surface area contributed by atoms with Crippen LogP contribution in [0.5, 0.6) is 11.5 Å². The van der Waals surface area contributed by atoms with Crippen molar-refractivity contribution in [1.29, 1.82) is 5.26 Å². The molecule has 0 radical (unpaired) electrons. The van der Waals surface area contributed by atoms with Crippen molar-refractivity contribution in [3.8, 4) is 17.6 Å². The van der Waals surface area contributed by atoms with Crippen molar-refractivity contribution < 1.29 is 9.47 Å².